The molecule has 0 heterocycles. The largest absolute Gasteiger partial charge is 0.490 e. The van der Waals surface area contributed by atoms with Crippen molar-refractivity contribution in [2.45, 2.75) is 13.8 Å². The Morgan fingerprint density at radius 3 is 2.58 bits per heavy atom. The standard InChI is InChI=1S/C18H19N3O5/c1-11-5-4-6-14(12(11)2)20-17(22)10-19-18(23)13-7-8-16(26-3)15(9-13)21(24)25/h4-9H,10H2,1-3H3,(H,19,23)(H,20,22). The first kappa shape index (κ1) is 18.9. The van der Waals surface area contributed by atoms with Crippen LogP contribution >= 0.6 is 0 Å². The SMILES string of the molecule is COc1ccc(C(=O)NCC(=O)Nc2cccc(C)c2C)cc1[N+](=O)[O-]. The van der Waals surface area contributed by atoms with Gasteiger partial charge in [0.15, 0.2) is 5.75 Å². The molecule has 2 aromatic rings. The third-order valence-electron chi connectivity index (χ3n) is 3.93. The van der Waals surface area contributed by atoms with Crippen molar-refractivity contribution in [2.24, 2.45) is 0 Å². The normalized spacial score (nSPS) is 10.1. The van der Waals surface area contributed by atoms with Crippen LogP contribution in [0.1, 0.15) is 21.5 Å². The second-order valence-electron chi connectivity index (χ2n) is 5.62. The van der Waals surface area contributed by atoms with Crippen LogP contribution in [-0.4, -0.2) is 30.4 Å². The van der Waals surface area contributed by atoms with E-state index in [-0.39, 0.29) is 23.5 Å². The second kappa shape index (κ2) is 8.11. The van der Waals surface area contributed by atoms with Gasteiger partial charge in [-0.05, 0) is 43.2 Å². The number of nitrogens with zero attached hydrogens (tertiary/aromatic N) is 1. The third kappa shape index (κ3) is 4.35. The summed E-state index contributed by atoms with van der Waals surface area (Å²) >= 11 is 0. The molecule has 2 amide bonds. The molecule has 2 N–H and O–H groups in total. The minimum atomic E-state index is -0.636. The molecule has 0 bridgehead atoms. The van der Waals surface area contributed by atoms with E-state index in [2.05, 4.69) is 10.6 Å². The first-order valence-corrected chi connectivity index (χ1v) is 7.80. The number of methoxy groups -OCH3 is 1. The van der Waals surface area contributed by atoms with E-state index >= 15 is 0 Å². The summed E-state index contributed by atoms with van der Waals surface area (Å²) in [5.74, 6) is -0.929. The number of amides is 2. The maximum Gasteiger partial charge on any atom is 0.311 e. The highest BCUT2D eigenvalue weighted by atomic mass is 16.6. The highest BCUT2D eigenvalue weighted by Gasteiger charge is 2.18. The Bertz CT molecular complexity index is 864. The molecular weight excluding hydrogens is 338 g/mol. The van der Waals surface area contributed by atoms with E-state index in [0.717, 1.165) is 17.2 Å². The molecule has 0 saturated carbocycles. The first-order chi connectivity index (χ1) is 12.3. The molecule has 26 heavy (non-hydrogen) atoms. The lowest BCUT2D eigenvalue weighted by Crippen LogP contribution is -2.33. The number of hydrogen-bond acceptors (Lipinski definition) is 5. The number of anilines is 1. The number of hydrogen-bond donors (Lipinski definition) is 2. The Labute approximate surface area is 150 Å². The lowest BCUT2D eigenvalue weighted by atomic mass is 10.1. The van der Waals surface area contributed by atoms with Crippen LogP contribution in [0.4, 0.5) is 11.4 Å². The minimum Gasteiger partial charge on any atom is -0.490 e. The molecule has 2 aromatic carbocycles. The summed E-state index contributed by atoms with van der Waals surface area (Å²) in [6, 6.07) is 9.37. The number of nitrogens with one attached hydrogen (secondary N) is 2. The van der Waals surface area contributed by atoms with Crippen molar-refractivity contribution in [3.05, 3.63) is 63.2 Å². The highest BCUT2D eigenvalue weighted by Crippen LogP contribution is 2.27. The number of rotatable bonds is 6. The molecule has 136 valence electrons. The van der Waals surface area contributed by atoms with Crippen LogP contribution in [0.5, 0.6) is 5.75 Å². The van der Waals surface area contributed by atoms with Gasteiger partial charge >= 0.3 is 5.69 Å². The summed E-state index contributed by atoms with van der Waals surface area (Å²) < 4.78 is 4.89. The quantitative estimate of drug-likeness (QED) is 0.610. The van der Waals surface area contributed by atoms with E-state index in [1.807, 2.05) is 26.0 Å². The fourth-order valence-corrected chi connectivity index (χ4v) is 2.32. The molecule has 0 aliphatic heterocycles. The van der Waals surface area contributed by atoms with Crippen LogP contribution in [-0.2, 0) is 4.79 Å². The van der Waals surface area contributed by atoms with E-state index in [9.17, 15) is 19.7 Å². The van der Waals surface area contributed by atoms with E-state index in [1.54, 1.807) is 6.07 Å². The van der Waals surface area contributed by atoms with E-state index in [1.165, 1.54) is 19.2 Å². The van der Waals surface area contributed by atoms with Crippen LogP contribution in [0.15, 0.2) is 36.4 Å². The van der Waals surface area contributed by atoms with E-state index in [4.69, 9.17) is 4.74 Å². The van der Waals surface area contributed by atoms with Crippen LogP contribution in [0.25, 0.3) is 0 Å². The Kier molecular flexibility index (Phi) is 5.90. The van der Waals surface area contributed by atoms with Crippen molar-refractivity contribution in [1.82, 2.24) is 5.32 Å². The summed E-state index contributed by atoms with van der Waals surface area (Å²) in [6.45, 7) is 3.56. The Balaban J connectivity index is 2.02. The predicted molar refractivity (Wildman–Crippen MR) is 96.5 cm³/mol. The van der Waals surface area contributed by atoms with Gasteiger partial charge in [-0.3, -0.25) is 19.7 Å². The minimum absolute atomic E-state index is 0.0548. The van der Waals surface area contributed by atoms with Crippen LogP contribution < -0.4 is 15.4 Å². The van der Waals surface area contributed by atoms with E-state index < -0.39 is 16.7 Å². The van der Waals surface area contributed by atoms with Gasteiger partial charge in [0.05, 0.1) is 18.6 Å². The molecule has 0 fully saturated rings. The molecule has 8 nitrogen and oxygen atoms in total. The second-order valence-corrected chi connectivity index (χ2v) is 5.62. The molecule has 0 radical (unpaired) electrons. The molecule has 0 aromatic heterocycles. The summed E-state index contributed by atoms with van der Waals surface area (Å²) in [4.78, 5) is 34.6. The number of carbonyl (C=O) groups excluding carboxylic acids is 2. The molecule has 2 rings (SSSR count). The van der Waals surface area contributed by atoms with E-state index in [0.29, 0.717) is 5.69 Å². The van der Waals surface area contributed by atoms with Crippen molar-refractivity contribution in [3.63, 3.8) is 0 Å². The van der Waals surface area contributed by atoms with Gasteiger partial charge in [-0.15, -0.1) is 0 Å². The van der Waals surface area contributed by atoms with Gasteiger partial charge in [0.2, 0.25) is 5.91 Å². The Morgan fingerprint density at radius 1 is 1.19 bits per heavy atom. The highest BCUT2D eigenvalue weighted by molar-refractivity contribution is 6.00. The monoisotopic (exact) mass is 357 g/mol. The third-order valence-corrected chi connectivity index (χ3v) is 3.93. The number of aryl methyl sites for hydroxylation is 1. The molecule has 0 unspecified atom stereocenters. The maximum absolute atomic E-state index is 12.1. The Morgan fingerprint density at radius 2 is 1.92 bits per heavy atom. The molecule has 8 heteroatoms. The van der Waals surface area contributed by atoms with Gasteiger partial charge in [-0.1, -0.05) is 12.1 Å². The average molecular weight is 357 g/mol. The number of nitro groups is 1. The lowest BCUT2D eigenvalue weighted by Gasteiger charge is -2.11. The molecule has 0 saturated heterocycles. The number of ether oxygens (including phenoxy) is 1. The van der Waals surface area contributed by atoms with Gasteiger partial charge in [0.1, 0.15) is 0 Å². The van der Waals surface area contributed by atoms with Gasteiger partial charge < -0.3 is 15.4 Å². The van der Waals surface area contributed by atoms with Gasteiger partial charge in [0.25, 0.3) is 5.91 Å². The molecule has 0 spiro atoms. The molecule has 0 aliphatic carbocycles. The maximum atomic E-state index is 12.1. The van der Waals surface area contributed by atoms with Crippen molar-refractivity contribution in [1.29, 1.82) is 0 Å². The fourth-order valence-electron chi connectivity index (χ4n) is 2.32. The van der Waals surface area contributed by atoms with Gasteiger partial charge in [-0.2, -0.15) is 0 Å². The number of benzene rings is 2. The fraction of sp³-hybridized carbons (Fsp3) is 0.222. The van der Waals surface area contributed by atoms with Gasteiger partial charge in [-0.25, -0.2) is 0 Å². The zero-order valence-corrected chi connectivity index (χ0v) is 14.7. The zero-order chi connectivity index (χ0) is 19.3. The molecule has 0 atom stereocenters. The topological polar surface area (TPSA) is 111 Å². The molecule has 0 aliphatic rings. The van der Waals surface area contributed by atoms with Crippen molar-refractivity contribution >= 4 is 23.2 Å². The predicted octanol–water partition coefficient (Wildman–Crippen LogP) is 2.59. The van der Waals surface area contributed by atoms with Crippen LogP contribution in [0, 0.1) is 24.0 Å². The zero-order valence-electron chi connectivity index (χ0n) is 14.7. The summed E-state index contributed by atoms with van der Waals surface area (Å²) in [5.41, 5.74) is 2.40. The average Bonchev–Trinajstić information content (AvgIpc) is 2.62. The van der Waals surface area contributed by atoms with Crippen LogP contribution in [0.3, 0.4) is 0 Å². The van der Waals surface area contributed by atoms with Crippen molar-refractivity contribution < 1.29 is 19.2 Å². The smallest absolute Gasteiger partial charge is 0.311 e. The Hall–Kier alpha value is -3.42. The summed E-state index contributed by atoms with van der Waals surface area (Å²) in [6.07, 6.45) is 0. The first-order valence-electron chi connectivity index (χ1n) is 7.80. The lowest BCUT2D eigenvalue weighted by molar-refractivity contribution is -0.385. The number of carbonyl (C=O) groups is 2. The molecular formula is C18H19N3O5. The van der Waals surface area contributed by atoms with Gasteiger partial charge in [0, 0.05) is 17.3 Å². The van der Waals surface area contributed by atoms with Crippen molar-refractivity contribution in [2.75, 3.05) is 19.0 Å². The van der Waals surface area contributed by atoms with Crippen LogP contribution in [0.2, 0.25) is 0 Å². The number of nitro benzene ring substituents is 1. The summed E-state index contributed by atoms with van der Waals surface area (Å²) in [7, 11) is 1.31. The van der Waals surface area contributed by atoms with Crippen molar-refractivity contribution in [3.8, 4) is 5.75 Å². The summed E-state index contributed by atoms with van der Waals surface area (Å²) in [5, 5.41) is 16.2.